The van der Waals surface area contributed by atoms with Gasteiger partial charge in [-0.3, -0.25) is 4.98 Å². The van der Waals surface area contributed by atoms with Gasteiger partial charge in [-0.05, 0) is 25.1 Å². The first-order valence-corrected chi connectivity index (χ1v) is 4.84. The summed E-state index contributed by atoms with van der Waals surface area (Å²) in [6.07, 6.45) is 0.759. The smallest absolute Gasteiger partial charge is 0.448 e. The standard InChI is InChI=1S/C9H13BF3N2/c1-2-15(8-10(11,12)13)7-9-5-3-4-6-14-9/h3-6H,2,7-8H2,1H3/q-1. The molecular formula is C9H13BF3N2-. The lowest BCUT2D eigenvalue weighted by Gasteiger charge is -2.26. The Balaban J connectivity index is 2.55. The van der Waals surface area contributed by atoms with E-state index in [-0.39, 0.29) is 6.54 Å². The molecule has 0 amide bonds. The third-order valence-electron chi connectivity index (χ3n) is 2.02. The number of hydrogen-bond acceptors (Lipinski definition) is 2. The van der Waals surface area contributed by atoms with Crippen LogP contribution < -0.4 is 0 Å². The van der Waals surface area contributed by atoms with Gasteiger partial charge in [-0.25, -0.2) is 0 Å². The van der Waals surface area contributed by atoms with Crippen LogP contribution in [0.5, 0.6) is 0 Å². The molecule has 6 heteroatoms. The highest BCUT2D eigenvalue weighted by atomic mass is 19.4. The molecule has 0 saturated carbocycles. The van der Waals surface area contributed by atoms with E-state index < -0.39 is 13.4 Å². The Morgan fingerprint density at radius 3 is 2.53 bits per heavy atom. The molecule has 0 N–H and O–H groups in total. The first kappa shape index (κ1) is 12.0. The molecule has 0 unspecified atom stereocenters. The minimum atomic E-state index is -4.76. The van der Waals surface area contributed by atoms with E-state index in [4.69, 9.17) is 0 Å². The maximum Gasteiger partial charge on any atom is 0.492 e. The lowest BCUT2D eigenvalue weighted by Crippen LogP contribution is -2.37. The van der Waals surface area contributed by atoms with Crippen molar-refractivity contribution in [3.8, 4) is 0 Å². The van der Waals surface area contributed by atoms with Crippen molar-refractivity contribution in [3.63, 3.8) is 0 Å². The third-order valence-corrected chi connectivity index (χ3v) is 2.02. The molecule has 0 saturated heterocycles. The maximum absolute atomic E-state index is 12.2. The fourth-order valence-corrected chi connectivity index (χ4v) is 1.32. The summed E-state index contributed by atoms with van der Waals surface area (Å²) in [5.74, 6) is 0. The summed E-state index contributed by atoms with van der Waals surface area (Å²) < 4.78 is 36.6. The SMILES string of the molecule is CCN(Cc1ccccn1)C[B-](F)(F)F. The Labute approximate surface area is 87.2 Å². The van der Waals surface area contributed by atoms with Crippen LogP contribution in [-0.2, 0) is 6.54 Å². The number of hydrogen-bond donors (Lipinski definition) is 0. The van der Waals surface area contributed by atoms with Crippen LogP contribution in [-0.4, -0.2) is 29.9 Å². The number of nitrogens with zero attached hydrogens (tertiary/aromatic N) is 2. The minimum Gasteiger partial charge on any atom is -0.448 e. The zero-order chi connectivity index (χ0) is 11.3. The second-order valence-corrected chi connectivity index (χ2v) is 3.36. The van der Waals surface area contributed by atoms with E-state index in [9.17, 15) is 12.9 Å². The van der Waals surface area contributed by atoms with Gasteiger partial charge in [0.05, 0.1) is 5.69 Å². The van der Waals surface area contributed by atoms with Gasteiger partial charge >= 0.3 is 6.98 Å². The van der Waals surface area contributed by atoms with E-state index in [2.05, 4.69) is 4.98 Å². The molecular weight excluding hydrogens is 204 g/mol. The first-order chi connectivity index (χ1) is 7.01. The fourth-order valence-electron chi connectivity index (χ4n) is 1.32. The van der Waals surface area contributed by atoms with Crippen molar-refractivity contribution in [1.82, 2.24) is 9.88 Å². The molecule has 84 valence electrons. The first-order valence-electron chi connectivity index (χ1n) is 4.84. The van der Waals surface area contributed by atoms with Crippen molar-refractivity contribution >= 4 is 6.98 Å². The van der Waals surface area contributed by atoms with Crippen molar-refractivity contribution in [3.05, 3.63) is 30.1 Å². The van der Waals surface area contributed by atoms with E-state index in [1.807, 2.05) is 0 Å². The van der Waals surface area contributed by atoms with Crippen LogP contribution in [0, 0.1) is 0 Å². The molecule has 0 aliphatic heterocycles. The molecule has 1 rings (SSSR count). The molecule has 0 aliphatic carbocycles. The second-order valence-electron chi connectivity index (χ2n) is 3.36. The van der Waals surface area contributed by atoms with E-state index in [1.54, 1.807) is 31.3 Å². The van der Waals surface area contributed by atoms with E-state index in [1.165, 1.54) is 4.90 Å². The van der Waals surface area contributed by atoms with Crippen LogP contribution in [0.15, 0.2) is 24.4 Å². The van der Waals surface area contributed by atoms with Crippen molar-refractivity contribution in [2.45, 2.75) is 13.5 Å². The molecule has 15 heavy (non-hydrogen) atoms. The van der Waals surface area contributed by atoms with Gasteiger partial charge in [0.2, 0.25) is 0 Å². The van der Waals surface area contributed by atoms with Crippen LogP contribution in [0.4, 0.5) is 12.9 Å². The largest absolute Gasteiger partial charge is 0.492 e. The van der Waals surface area contributed by atoms with Crippen LogP contribution in [0.1, 0.15) is 12.6 Å². The molecule has 1 aromatic rings. The van der Waals surface area contributed by atoms with Crippen LogP contribution in [0.2, 0.25) is 0 Å². The van der Waals surface area contributed by atoms with Crippen molar-refractivity contribution in [2.75, 3.05) is 13.0 Å². The Bertz CT molecular complexity index is 289. The Morgan fingerprint density at radius 1 is 1.33 bits per heavy atom. The van der Waals surface area contributed by atoms with Gasteiger partial charge in [0, 0.05) is 12.7 Å². The average Bonchev–Trinajstić information content (AvgIpc) is 2.16. The Kier molecular flexibility index (Phi) is 4.14. The normalized spacial score (nSPS) is 12.1. The van der Waals surface area contributed by atoms with Gasteiger partial charge in [-0.2, -0.15) is 0 Å². The summed E-state index contributed by atoms with van der Waals surface area (Å²) in [4.78, 5) is 5.33. The van der Waals surface area contributed by atoms with Gasteiger partial charge in [-0.15, -0.1) is 0 Å². The van der Waals surface area contributed by atoms with Crippen LogP contribution in [0.25, 0.3) is 0 Å². The molecule has 1 heterocycles. The van der Waals surface area contributed by atoms with Gasteiger partial charge < -0.3 is 17.8 Å². The summed E-state index contributed by atoms with van der Waals surface area (Å²) in [6.45, 7) is -2.42. The topological polar surface area (TPSA) is 16.1 Å². The molecule has 1 aromatic heterocycles. The van der Waals surface area contributed by atoms with Crippen molar-refractivity contribution < 1.29 is 12.9 Å². The van der Waals surface area contributed by atoms with Crippen LogP contribution in [0.3, 0.4) is 0 Å². The zero-order valence-electron chi connectivity index (χ0n) is 8.54. The highest BCUT2D eigenvalue weighted by Gasteiger charge is 2.25. The maximum atomic E-state index is 12.2. The predicted octanol–water partition coefficient (Wildman–Crippen LogP) is 2.29. The van der Waals surface area contributed by atoms with Gasteiger partial charge in [0.25, 0.3) is 0 Å². The predicted molar refractivity (Wildman–Crippen MR) is 54.3 cm³/mol. The molecule has 0 aliphatic rings. The summed E-state index contributed by atoms with van der Waals surface area (Å²) in [5.41, 5.74) is 0.666. The highest BCUT2D eigenvalue weighted by molar-refractivity contribution is 6.58. The molecule has 0 aromatic carbocycles. The number of halogens is 3. The average molecular weight is 217 g/mol. The molecule has 0 atom stereocenters. The quantitative estimate of drug-likeness (QED) is 0.703. The Hall–Kier alpha value is -1.04. The van der Waals surface area contributed by atoms with E-state index >= 15 is 0 Å². The third kappa shape index (κ3) is 4.83. The van der Waals surface area contributed by atoms with E-state index in [0.717, 1.165) is 0 Å². The number of rotatable bonds is 5. The zero-order valence-corrected chi connectivity index (χ0v) is 8.54. The molecule has 0 bridgehead atoms. The van der Waals surface area contributed by atoms with Crippen molar-refractivity contribution in [2.24, 2.45) is 0 Å². The number of aromatic nitrogens is 1. The van der Waals surface area contributed by atoms with E-state index in [0.29, 0.717) is 12.2 Å². The Morgan fingerprint density at radius 2 is 2.07 bits per heavy atom. The van der Waals surface area contributed by atoms with Crippen molar-refractivity contribution in [1.29, 1.82) is 0 Å². The lowest BCUT2D eigenvalue weighted by atomic mass is 9.91. The summed E-state index contributed by atoms with van der Waals surface area (Å²) >= 11 is 0. The summed E-state index contributed by atoms with van der Waals surface area (Å²) in [6, 6.07) is 5.24. The fraction of sp³-hybridized carbons (Fsp3) is 0.444. The molecule has 0 radical (unpaired) electrons. The minimum absolute atomic E-state index is 0.249. The summed E-state index contributed by atoms with van der Waals surface area (Å²) in [5, 5.41) is 0. The number of pyridine rings is 1. The molecule has 0 fully saturated rings. The monoisotopic (exact) mass is 217 g/mol. The van der Waals surface area contributed by atoms with Gasteiger partial charge in [0.15, 0.2) is 0 Å². The highest BCUT2D eigenvalue weighted by Crippen LogP contribution is 2.12. The molecule has 0 spiro atoms. The lowest BCUT2D eigenvalue weighted by molar-refractivity contribution is 0.281. The van der Waals surface area contributed by atoms with Gasteiger partial charge in [-0.1, -0.05) is 13.0 Å². The van der Waals surface area contributed by atoms with Crippen LogP contribution >= 0.6 is 0 Å². The molecule has 2 nitrogen and oxygen atoms in total. The second kappa shape index (κ2) is 5.16. The summed E-state index contributed by atoms with van der Waals surface area (Å²) in [7, 11) is 0. The van der Waals surface area contributed by atoms with Gasteiger partial charge in [0.1, 0.15) is 0 Å².